The zero-order chi connectivity index (χ0) is 16.1. The van der Waals surface area contributed by atoms with Gasteiger partial charge in [0, 0.05) is 22.6 Å². The van der Waals surface area contributed by atoms with Gasteiger partial charge in [-0.05, 0) is 54.7 Å². The van der Waals surface area contributed by atoms with Gasteiger partial charge in [0.2, 0.25) is 0 Å². The van der Waals surface area contributed by atoms with Gasteiger partial charge in [0.15, 0.2) is 6.29 Å². The molecule has 1 aliphatic heterocycles. The van der Waals surface area contributed by atoms with Crippen LogP contribution in [0.2, 0.25) is 10.0 Å². The molecule has 2 aromatic rings. The van der Waals surface area contributed by atoms with Crippen LogP contribution in [0, 0.1) is 0 Å². The van der Waals surface area contributed by atoms with Gasteiger partial charge in [0.25, 0.3) is 0 Å². The Morgan fingerprint density at radius 2 is 1.48 bits per heavy atom. The Bertz CT molecular complexity index is 559. The maximum absolute atomic E-state index is 6.03. The standard InChI is InChI=1S/C19H20Cl2O2/c20-16-8-4-14(5-9-16)18(15-6-10-17(21)11-7-15)13-23-19-3-1-2-12-22-19/h4-11,18-19H,1-3,12-13H2. The summed E-state index contributed by atoms with van der Waals surface area (Å²) < 4.78 is 11.7. The summed E-state index contributed by atoms with van der Waals surface area (Å²) in [5, 5.41) is 1.47. The van der Waals surface area contributed by atoms with Gasteiger partial charge >= 0.3 is 0 Å². The Labute approximate surface area is 147 Å². The molecule has 0 aromatic heterocycles. The van der Waals surface area contributed by atoms with Crippen LogP contribution in [-0.4, -0.2) is 19.5 Å². The van der Waals surface area contributed by atoms with Crippen molar-refractivity contribution in [1.82, 2.24) is 0 Å². The van der Waals surface area contributed by atoms with E-state index in [0.717, 1.165) is 35.9 Å². The van der Waals surface area contributed by atoms with E-state index in [9.17, 15) is 0 Å². The summed E-state index contributed by atoms with van der Waals surface area (Å²) in [5.74, 6) is 0.134. The third kappa shape index (κ3) is 4.71. The van der Waals surface area contributed by atoms with E-state index in [0.29, 0.717) is 6.61 Å². The van der Waals surface area contributed by atoms with E-state index in [1.165, 1.54) is 11.1 Å². The molecule has 1 atom stereocenters. The molecule has 1 fully saturated rings. The van der Waals surface area contributed by atoms with Crippen molar-refractivity contribution in [3.63, 3.8) is 0 Å². The molecule has 2 nitrogen and oxygen atoms in total. The Morgan fingerprint density at radius 3 is 1.96 bits per heavy atom. The first-order valence-electron chi connectivity index (χ1n) is 7.96. The van der Waals surface area contributed by atoms with Crippen molar-refractivity contribution in [2.45, 2.75) is 31.5 Å². The fourth-order valence-electron chi connectivity index (χ4n) is 2.82. The lowest BCUT2D eigenvalue weighted by Crippen LogP contribution is -2.24. The van der Waals surface area contributed by atoms with Gasteiger partial charge in [0.05, 0.1) is 6.61 Å². The van der Waals surface area contributed by atoms with Crippen molar-refractivity contribution in [3.05, 3.63) is 69.7 Å². The summed E-state index contributed by atoms with van der Waals surface area (Å²) in [6.07, 6.45) is 3.16. The van der Waals surface area contributed by atoms with Crippen LogP contribution in [0.5, 0.6) is 0 Å². The summed E-state index contributed by atoms with van der Waals surface area (Å²) in [5.41, 5.74) is 2.35. The summed E-state index contributed by atoms with van der Waals surface area (Å²) in [6, 6.07) is 15.8. The van der Waals surface area contributed by atoms with Crippen LogP contribution in [0.4, 0.5) is 0 Å². The lowest BCUT2D eigenvalue weighted by molar-refractivity contribution is -0.163. The predicted octanol–water partition coefficient (Wildman–Crippen LogP) is 5.67. The van der Waals surface area contributed by atoms with Crippen LogP contribution in [0.25, 0.3) is 0 Å². The topological polar surface area (TPSA) is 18.5 Å². The number of halogens is 2. The summed E-state index contributed by atoms with van der Waals surface area (Å²) in [6.45, 7) is 1.37. The second-order valence-corrected chi connectivity index (χ2v) is 6.66. The number of hydrogen-bond donors (Lipinski definition) is 0. The second kappa shape index (κ2) is 8.16. The molecule has 0 spiro atoms. The third-order valence-electron chi connectivity index (χ3n) is 4.13. The molecule has 0 amide bonds. The SMILES string of the molecule is Clc1ccc(C(COC2CCCCO2)c2ccc(Cl)cc2)cc1. The van der Waals surface area contributed by atoms with E-state index >= 15 is 0 Å². The van der Waals surface area contributed by atoms with E-state index in [4.69, 9.17) is 32.7 Å². The average molecular weight is 351 g/mol. The van der Waals surface area contributed by atoms with Gasteiger partial charge in [-0.2, -0.15) is 0 Å². The minimum atomic E-state index is -0.0918. The van der Waals surface area contributed by atoms with Crippen LogP contribution in [0.1, 0.15) is 36.3 Å². The van der Waals surface area contributed by atoms with E-state index in [2.05, 4.69) is 0 Å². The first-order chi connectivity index (χ1) is 11.2. The number of rotatable bonds is 5. The van der Waals surface area contributed by atoms with E-state index < -0.39 is 0 Å². The maximum atomic E-state index is 6.03. The minimum Gasteiger partial charge on any atom is -0.353 e. The summed E-state index contributed by atoms with van der Waals surface area (Å²) in [7, 11) is 0. The fourth-order valence-corrected chi connectivity index (χ4v) is 3.07. The minimum absolute atomic E-state index is 0.0918. The van der Waals surface area contributed by atoms with Crippen molar-refractivity contribution < 1.29 is 9.47 Å². The van der Waals surface area contributed by atoms with E-state index in [1.54, 1.807) is 0 Å². The van der Waals surface area contributed by atoms with Crippen LogP contribution in [0.3, 0.4) is 0 Å². The molecule has 0 radical (unpaired) electrons. The van der Waals surface area contributed by atoms with Crippen molar-refractivity contribution in [1.29, 1.82) is 0 Å². The second-order valence-electron chi connectivity index (χ2n) is 5.79. The van der Waals surface area contributed by atoms with Gasteiger partial charge in [-0.3, -0.25) is 0 Å². The first kappa shape index (κ1) is 16.8. The Balaban J connectivity index is 1.77. The molecule has 1 unspecified atom stereocenters. The highest BCUT2D eigenvalue weighted by Gasteiger charge is 2.19. The molecule has 0 N–H and O–H groups in total. The van der Waals surface area contributed by atoms with Gasteiger partial charge in [0.1, 0.15) is 0 Å². The summed E-state index contributed by atoms with van der Waals surface area (Å²) >= 11 is 12.0. The van der Waals surface area contributed by atoms with Gasteiger partial charge in [-0.15, -0.1) is 0 Å². The Hall–Kier alpha value is -1.06. The normalized spacial score (nSPS) is 18.3. The molecule has 4 heteroatoms. The monoisotopic (exact) mass is 350 g/mol. The molecule has 122 valence electrons. The number of benzene rings is 2. The molecule has 0 saturated carbocycles. The quantitative estimate of drug-likeness (QED) is 0.691. The lowest BCUT2D eigenvalue weighted by Gasteiger charge is -2.26. The van der Waals surface area contributed by atoms with Gasteiger partial charge < -0.3 is 9.47 Å². The average Bonchev–Trinajstić information content (AvgIpc) is 2.59. The molecule has 0 bridgehead atoms. The van der Waals surface area contributed by atoms with Crippen molar-refractivity contribution in [2.24, 2.45) is 0 Å². The number of hydrogen-bond acceptors (Lipinski definition) is 2. The molecule has 1 saturated heterocycles. The molecule has 3 rings (SSSR count). The highest BCUT2D eigenvalue weighted by Crippen LogP contribution is 2.28. The highest BCUT2D eigenvalue weighted by atomic mass is 35.5. The molecule has 23 heavy (non-hydrogen) atoms. The van der Waals surface area contributed by atoms with Gasteiger partial charge in [-0.1, -0.05) is 47.5 Å². The molecule has 2 aromatic carbocycles. The number of ether oxygens (including phenoxy) is 2. The van der Waals surface area contributed by atoms with E-state index in [-0.39, 0.29) is 12.2 Å². The lowest BCUT2D eigenvalue weighted by atomic mass is 9.92. The molecule has 1 heterocycles. The molecular formula is C19H20Cl2O2. The van der Waals surface area contributed by atoms with E-state index in [1.807, 2.05) is 48.5 Å². The van der Waals surface area contributed by atoms with Gasteiger partial charge in [-0.25, -0.2) is 0 Å². The highest BCUT2D eigenvalue weighted by molar-refractivity contribution is 6.30. The maximum Gasteiger partial charge on any atom is 0.157 e. The molecular weight excluding hydrogens is 331 g/mol. The summed E-state index contributed by atoms with van der Waals surface area (Å²) in [4.78, 5) is 0. The molecule has 0 aliphatic carbocycles. The fraction of sp³-hybridized carbons (Fsp3) is 0.368. The first-order valence-corrected chi connectivity index (χ1v) is 8.72. The zero-order valence-corrected chi connectivity index (χ0v) is 14.4. The van der Waals surface area contributed by atoms with Crippen LogP contribution in [-0.2, 0) is 9.47 Å². The van der Waals surface area contributed by atoms with Crippen molar-refractivity contribution in [3.8, 4) is 0 Å². The van der Waals surface area contributed by atoms with Crippen LogP contribution >= 0.6 is 23.2 Å². The van der Waals surface area contributed by atoms with Crippen LogP contribution < -0.4 is 0 Å². The largest absolute Gasteiger partial charge is 0.353 e. The molecule has 1 aliphatic rings. The smallest absolute Gasteiger partial charge is 0.157 e. The van der Waals surface area contributed by atoms with Crippen LogP contribution in [0.15, 0.2) is 48.5 Å². The third-order valence-corrected chi connectivity index (χ3v) is 4.64. The zero-order valence-electron chi connectivity index (χ0n) is 12.9. The Kier molecular flexibility index (Phi) is 5.96. The predicted molar refractivity (Wildman–Crippen MR) is 94.3 cm³/mol. The van der Waals surface area contributed by atoms with Crippen molar-refractivity contribution >= 4 is 23.2 Å². The van der Waals surface area contributed by atoms with Crippen molar-refractivity contribution in [2.75, 3.05) is 13.2 Å². The Morgan fingerprint density at radius 1 is 0.913 bits per heavy atom.